The van der Waals surface area contributed by atoms with E-state index in [2.05, 4.69) is 66.8 Å². The molecule has 0 aromatic carbocycles. The first kappa shape index (κ1) is 23.8. The Morgan fingerprint density at radius 3 is 2.42 bits per heavy atom. The lowest BCUT2D eigenvalue weighted by atomic mass is 9.50. The lowest BCUT2D eigenvalue weighted by Crippen LogP contribution is -2.49. The van der Waals surface area contributed by atoms with Gasteiger partial charge in [0.25, 0.3) is 0 Å². The third-order valence-electron chi connectivity index (χ3n) is 10.8. The highest BCUT2D eigenvalue weighted by molar-refractivity contribution is 6.74. The SMILES string of the molecule is C[C@@H](CO)[C@H]1CC[C@H]2C3=CC=C4C[C@@H](O[Si](C)(C)C(C)(C)C)CC[C@]4(C)[C@H]3CC[C@]12C. The quantitative estimate of drug-likeness (QED) is 0.455. The topological polar surface area (TPSA) is 29.5 Å². The van der Waals surface area contributed by atoms with Crippen molar-refractivity contribution in [3.8, 4) is 0 Å². The Hall–Kier alpha value is -0.383. The number of aliphatic hydroxyl groups excluding tert-OH is 1. The van der Waals surface area contributed by atoms with Crippen LogP contribution in [-0.2, 0) is 4.43 Å². The summed E-state index contributed by atoms with van der Waals surface area (Å²) in [6.07, 6.45) is 14.4. The van der Waals surface area contributed by atoms with E-state index in [4.69, 9.17) is 4.43 Å². The molecule has 0 aliphatic heterocycles. The summed E-state index contributed by atoms with van der Waals surface area (Å²) in [5.41, 5.74) is 4.14. The lowest BCUT2D eigenvalue weighted by Gasteiger charge is -2.55. The summed E-state index contributed by atoms with van der Waals surface area (Å²) in [5.74, 6) is 2.56. The molecule has 4 rings (SSSR count). The predicted molar refractivity (Wildman–Crippen MR) is 133 cm³/mol. The van der Waals surface area contributed by atoms with Crippen molar-refractivity contribution in [1.82, 2.24) is 0 Å². The molecule has 1 N–H and O–H groups in total. The normalized spacial score (nSPS) is 41.6. The molecule has 0 amide bonds. The Balaban J connectivity index is 1.57. The molecule has 0 aromatic rings. The molecule has 0 radical (unpaired) electrons. The zero-order valence-electron chi connectivity index (χ0n) is 21.6. The second-order valence-electron chi connectivity index (χ2n) is 13.5. The van der Waals surface area contributed by atoms with Crippen molar-refractivity contribution < 1.29 is 9.53 Å². The van der Waals surface area contributed by atoms with Crippen LogP contribution < -0.4 is 0 Å². The van der Waals surface area contributed by atoms with E-state index in [9.17, 15) is 5.11 Å². The first-order valence-electron chi connectivity index (χ1n) is 13.0. The van der Waals surface area contributed by atoms with Gasteiger partial charge in [-0.15, -0.1) is 0 Å². The van der Waals surface area contributed by atoms with Gasteiger partial charge in [-0.05, 0) is 97.6 Å². The van der Waals surface area contributed by atoms with E-state index in [1.807, 2.05) is 0 Å². The Morgan fingerprint density at radius 1 is 1.06 bits per heavy atom. The van der Waals surface area contributed by atoms with Gasteiger partial charge in [0.15, 0.2) is 8.32 Å². The van der Waals surface area contributed by atoms with E-state index in [0.29, 0.717) is 35.4 Å². The summed E-state index contributed by atoms with van der Waals surface area (Å²) in [6, 6.07) is 0. The van der Waals surface area contributed by atoms with E-state index in [1.165, 1.54) is 38.5 Å². The van der Waals surface area contributed by atoms with Crippen molar-refractivity contribution >= 4 is 8.32 Å². The van der Waals surface area contributed by atoms with Gasteiger partial charge in [-0.1, -0.05) is 64.8 Å². The van der Waals surface area contributed by atoms with Gasteiger partial charge in [-0.25, -0.2) is 0 Å². The van der Waals surface area contributed by atoms with Crippen LogP contribution >= 0.6 is 0 Å². The summed E-state index contributed by atoms with van der Waals surface area (Å²) in [6.45, 7) is 19.6. The Labute approximate surface area is 193 Å². The number of hydrogen-bond acceptors (Lipinski definition) is 2. The number of rotatable bonds is 4. The van der Waals surface area contributed by atoms with Crippen LogP contribution in [0.2, 0.25) is 18.1 Å². The number of fused-ring (bicyclic) bond motifs is 5. The monoisotopic (exact) mass is 444 g/mol. The summed E-state index contributed by atoms with van der Waals surface area (Å²) >= 11 is 0. The zero-order valence-corrected chi connectivity index (χ0v) is 22.6. The lowest BCUT2D eigenvalue weighted by molar-refractivity contribution is 0.0261. The molecule has 0 aromatic heterocycles. The fourth-order valence-corrected chi connectivity index (χ4v) is 9.15. The molecule has 7 atom stereocenters. The van der Waals surface area contributed by atoms with Gasteiger partial charge in [0.1, 0.15) is 0 Å². The number of allylic oxidation sites excluding steroid dienone is 3. The van der Waals surface area contributed by atoms with Gasteiger partial charge in [0.2, 0.25) is 0 Å². The van der Waals surface area contributed by atoms with Crippen molar-refractivity contribution in [1.29, 1.82) is 0 Å². The second-order valence-corrected chi connectivity index (χ2v) is 18.3. The van der Waals surface area contributed by atoms with Gasteiger partial charge in [-0.3, -0.25) is 0 Å². The standard InChI is InChI=1S/C28H48O2Si/c1-19(18-29)23-11-12-24-22-10-9-20-17-21(30-31(7,8)26(2,3)4)13-15-27(20,5)25(22)14-16-28(23,24)6/h9-10,19,21,23-25,29H,11-18H2,1-8H3/t19-,21-,23+,24-,25-,27-,28+/m0/s1. The molecule has 0 bridgehead atoms. The fourth-order valence-electron chi connectivity index (χ4n) is 7.77. The van der Waals surface area contributed by atoms with Gasteiger partial charge in [0.05, 0.1) is 0 Å². The molecule has 0 heterocycles. The van der Waals surface area contributed by atoms with Crippen LogP contribution in [0.15, 0.2) is 23.3 Å². The van der Waals surface area contributed by atoms with Crippen molar-refractivity contribution in [3.05, 3.63) is 23.3 Å². The smallest absolute Gasteiger partial charge is 0.192 e. The highest BCUT2D eigenvalue weighted by atomic mass is 28.4. The molecule has 3 heteroatoms. The van der Waals surface area contributed by atoms with E-state index in [-0.39, 0.29) is 5.04 Å². The zero-order chi connectivity index (χ0) is 22.8. The minimum absolute atomic E-state index is 0.278. The molecule has 176 valence electrons. The van der Waals surface area contributed by atoms with Gasteiger partial charge < -0.3 is 9.53 Å². The summed E-state index contributed by atoms with van der Waals surface area (Å²) in [7, 11) is -1.72. The van der Waals surface area contributed by atoms with Crippen molar-refractivity contribution in [3.63, 3.8) is 0 Å². The van der Waals surface area contributed by atoms with Crippen molar-refractivity contribution in [2.24, 2.45) is 34.5 Å². The van der Waals surface area contributed by atoms with Gasteiger partial charge in [0, 0.05) is 12.7 Å². The molecule has 4 aliphatic rings. The average Bonchev–Trinajstić information content (AvgIpc) is 3.04. The largest absolute Gasteiger partial charge is 0.414 e. The van der Waals surface area contributed by atoms with Crippen LogP contribution in [0.4, 0.5) is 0 Å². The second kappa shape index (κ2) is 7.84. The van der Waals surface area contributed by atoms with E-state index < -0.39 is 8.32 Å². The Kier molecular flexibility index (Phi) is 6.01. The van der Waals surface area contributed by atoms with Crippen LogP contribution in [0.5, 0.6) is 0 Å². The minimum atomic E-state index is -1.72. The summed E-state index contributed by atoms with van der Waals surface area (Å²) in [5, 5.41) is 10.1. The molecule has 0 unspecified atom stereocenters. The van der Waals surface area contributed by atoms with Crippen molar-refractivity contribution in [2.75, 3.05) is 6.61 Å². The fraction of sp³-hybridized carbons (Fsp3) is 0.857. The van der Waals surface area contributed by atoms with E-state index in [0.717, 1.165) is 18.3 Å². The molecule has 4 aliphatic carbocycles. The van der Waals surface area contributed by atoms with Gasteiger partial charge >= 0.3 is 0 Å². The summed E-state index contributed by atoms with van der Waals surface area (Å²) < 4.78 is 6.87. The van der Waals surface area contributed by atoms with E-state index >= 15 is 0 Å². The first-order chi connectivity index (χ1) is 14.3. The molecular formula is C28H48O2Si. The average molecular weight is 445 g/mol. The highest BCUT2D eigenvalue weighted by Gasteiger charge is 2.57. The number of aliphatic hydroxyl groups is 1. The van der Waals surface area contributed by atoms with Crippen molar-refractivity contribution in [2.45, 2.75) is 111 Å². The molecule has 3 fully saturated rings. The third kappa shape index (κ3) is 3.75. The maximum Gasteiger partial charge on any atom is 0.192 e. The number of hydrogen-bond donors (Lipinski definition) is 1. The molecule has 0 spiro atoms. The minimum Gasteiger partial charge on any atom is -0.414 e. The molecule has 2 nitrogen and oxygen atoms in total. The summed E-state index contributed by atoms with van der Waals surface area (Å²) in [4.78, 5) is 0. The van der Waals surface area contributed by atoms with Crippen LogP contribution in [0.25, 0.3) is 0 Å². The predicted octanol–water partition coefficient (Wildman–Crippen LogP) is 7.50. The Morgan fingerprint density at radius 2 is 1.77 bits per heavy atom. The van der Waals surface area contributed by atoms with Crippen LogP contribution in [0, 0.1) is 34.5 Å². The Bertz CT molecular complexity index is 759. The third-order valence-corrected chi connectivity index (χ3v) is 15.4. The highest BCUT2D eigenvalue weighted by Crippen LogP contribution is 2.66. The maximum absolute atomic E-state index is 9.85. The molecule has 31 heavy (non-hydrogen) atoms. The van der Waals surface area contributed by atoms with Crippen LogP contribution in [0.3, 0.4) is 0 Å². The molecule has 3 saturated carbocycles. The molecule has 0 saturated heterocycles. The molecular weight excluding hydrogens is 396 g/mol. The van der Waals surface area contributed by atoms with E-state index in [1.54, 1.807) is 11.1 Å². The van der Waals surface area contributed by atoms with Gasteiger partial charge in [-0.2, -0.15) is 0 Å². The van der Waals surface area contributed by atoms with Crippen LogP contribution in [0.1, 0.15) is 86.5 Å². The van der Waals surface area contributed by atoms with Crippen LogP contribution in [-0.4, -0.2) is 26.1 Å². The maximum atomic E-state index is 9.85. The first-order valence-corrected chi connectivity index (χ1v) is 15.9.